The van der Waals surface area contributed by atoms with Crippen molar-refractivity contribution in [3.63, 3.8) is 0 Å². The molecule has 0 aromatic carbocycles. The van der Waals surface area contributed by atoms with Gasteiger partial charge in [0.1, 0.15) is 5.82 Å². The van der Waals surface area contributed by atoms with E-state index in [1.165, 1.54) is 12.8 Å². The van der Waals surface area contributed by atoms with Gasteiger partial charge in [-0.05, 0) is 25.9 Å². The average molecular weight is 251 g/mol. The molecule has 1 fully saturated rings. The van der Waals surface area contributed by atoms with Gasteiger partial charge in [-0.25, -0.2) is 0 Å². The average Bonchev–Trinajstić information content (AvgIpc) is 2.36. The maximum Gasteiger partial charge on any atom is 0.225 e. The first kappa shape index (κ1) is 13.0. The summed E-state index contributed by atoms with van der Waals surface area (Å²) in [6.45, 7) is 5.89. The molecule has 1 aromatic heterocycles. The topological polar surface area (TPSA) is 106 Å². The van der Waals surface area contributed by atoms with Crippen molar-refractivity contribution in [1.29, 1.82) is 0 Å². The molecule has 0 bridgehead atoms. The number of rotatable bonds is 4. The van der Waals surface area contributed by atoms with E-state index in [0.717, 1.165) is 19.6 Å². The van der Waals surface area contributed by atoms with E-state index in [1.807, 2.05) is 0 Å². The van der Waals surface area contributed by atoms with Crippen LogP contribution in [-0.2, 0) is 6.54 Å². The highest BCUT2D eigenvalue weighted by Gasteiger charge is 2.20. The molecule has 2 rings (SSSR count). The highest BCUT2D eigenvalue weighted by molar-refractivity contribution is 5.25. The zero-order valence-electron chi connectivity index (χ0n) is 10.8. The Balaban J connectivity index is 2.04. The largest absolute Gasteiger partial charge is 0.368 e. The number of aromatic nitrogens is 3. The summed E-state index contributed by atoms with van der Waals surface area (Å²) >= 11 is 0. The van der Waals surface area contributed by atoms with E-state index in [1.54, 1.807) is 0 Å². The van der Waals surface area contributed by atoms with Gasteiger partial charge in [-0.3, -0.25) is 4.90 Å². The molecule has 2 heterocycles. The highest BCUT2D eigenvalue weighted by Crippen LogP contribution is 2.13. The summed E-state index contributed by atoms with van der Waals surface area (Å²) in [5.74, 6) is 1.03. The van der Waals surface area contributed by atoms with Crippen molar-refractivity contribution in [2.24, 2.45) is 0 Å². The molecule has 1 unspecified atom stereocenters. The summed E-state index contributed by atoms with van der Waals surface area (Å²) in [5.41, 5.74) is 11.2. The lowest BCUT2D eigenvalue weighted by molar-refractivity contribution is 0.162. The molecule has 0 aliphatic carbocycles. The van der Waals surface area contributed by atoms with Crippen LogP contribution in [0.3, 0.4) is 0 Å². The second-order valence-electron chi connectivity index (χ2n) is 4.53. The van der Waals surface area contributed by atoms with Crippen LogP contribution in [0.25, 0.3) is 0 Å². The Labute approximate surface area is 107 Å². The van der Waals surface area contributed by atoms with Gasteiger partial charge in [-0.2, -0.15) is 15.0 Å². The van der Waals surface area contributed by atoms with Crippen molar-refractivity contribution < 1.29 is 0 Å². The van der Waals surface area contributed by atoms with Gasteiger partial charge in [-0.15, -0.1) is 0 Å². The van der Waals surface area contributed by atoms with Crippen LogP contribution in [0.1, 0.15) is 25.6 Å². The number of nitrogens with one attached hydrogen (secondary N) is 1. The number of nitrogen functional groups attached to an aromatic ring is 2. The molecular weight excluding hydrogens is 230 g/mol. The second-order valence-corrected chi connectivity index (χ2v) is 4.53. The third-order valence-electron chi connectivity index (χ3n) is 3.25. The van der Waals surface area contributed by atoms with Gasteiger partial charge in [0, 0.05) is 12.6 Å². The molecular formula is C11H21N7. The molecule has 5 N–H and O–H groups in total. The monoisotopic (exact) mass is 251 g/mol. The molecule has 0 saturated carbocycles. The first-order valence-electron chi connectivity index (χ1n) is 6.39. The van der Waals surface area contributed by atoms with Crippen LogP contribution in [0, 0.1) is 0 Å². The quantitative estimate of drug-likeness (QED) is 0.669. The lowest BCUT2D eigenvalue weighted by atomic mass is 10.1. The Kier molecular flexibility index (Phi) is 4.27. The van der Waals surface area contributed by atoms with Gasteiger partial charge >= 0.3 is 0 Å². The lowest BCUT2D eigenvalue weighted by Gasteiger charge is -2.33. The van der Waals surface area contributed by atoms with Crippen molar-refractivity contribution in [1.82, 2.24) is 25.2 Å². The predicted molar refractivity (Wildman–Crippen MR) is 70.6 cm³/mol. The number of nitrogens with two attached hydrogens (primary N) is 2. The van der Waals surface area contributed by atoms with E-state index < -0.39 is 0 Å². The lowest BCUT2D eigenvalue weighted by Crippen LogP contribution is -2.45. The minimum absolute atomic E-state index is 0.190. The number of anilines is 2. The molecule has 1 atom stereocenters. The standard InChI is InChI=1S/C11H21N7/c1-2-18(8-4-3-5-14-6-8)7-9-15-10(12)17-11(13)16-9/h8,14H,2-7H2,1H3,(H4,12,13,15,16,17). The van der Waals surface area contributed by atoms with Crippen LogP contribution >= 0.6 is 0 Å². The fourth-order valence-electron chi connectivity index (χ4n) is 2.35. The molecule has 1 aromatic rings. The van der Waals surface area contributed by atoms with Crippen molar-refractivity contribution >= 4 is 11.9 Å². The summed E-state index contributed by atoms with van der Waals surface area (Å²) < 4.78 is 0. The summed E-state index contributed by atoms with van der Waals surface area (Å²) in [7, 11) is 0. The molecule has 1 aliphatic rings. The highest BCUT2D eigenvalue weighted by atomic mass is 15.2. The third-order valence-corrected chi connectivity index (χ3v) is 3.25. The zero-order valence-corrected chi connectivity index (χ0v) is 10.8. The minimum Gasteiger partial charge on any atom is -0.368 e. The molecule has 100 valence electrons. The molecule has 1 saturated heterocycles. The Morgan fingerprint density at radius 3 is 2.56 bits per heavy atom. The van der Waals surface area contributed by atoms with Crippen molar-refractivity contribution in [2.45, 2.75) is 32.4 Å². The van der Waals surface area contributed by atoms with Crippen LogP contribution in [0.5, 0.6) is 0 Å². The van der Waals surface area contributed by atoms with Gasteiger partial charge in [0.15, 0.2) is 0 Å². The SMILES string of the molecule is CCN(Cc1nc(N)nc(N)n1)C1CCCNC1. The van der Waals surface area contributed by atoms with E-state index >= 15 is 0 Å². The summed E-state index contributed by atoms with van der Waals surface area (Å²) in [6.07, 6.45) is 2.42. The molecule has 0 spiro atoms. The van der Waals surface area contributed by atoms with Crippen LogP contribution in [-0.4, -0.2) is 45.5 Å². The summed E-state index contributed by atoms with van der Waals surface area (Å²) in [4.78, 5) is 14.4. The van der Waals surface area contributed by atoms with E-state index in [2.05, 4.69) is 32.1 Å². The number of hydrogen-bond acceptors (Lipinski definition) is 7. The van der Waals surface area contributed by atoms with Crippen LogP contribution in [0.2, 0.25) is 0 Å². The third kappa shape index (κ3) is 3.27. The van der Waals surface area contributed by atoms with E-state index in [9.17, 15) is 0 Å². The van der Waals surface area contributed by atoms with Crippen LogP contribution in [0.4, 0.5) is 11.9 Å². The van der Waals surface area contributed by atoms with Gasteiger partial charge < -0.3 is 16.8 Å². The fourth-order valence-corrected chi connectivity index (χ4v) is 2.35. The Morgan fingerprint density at radius 2 is 2.00 bits per heavy atom. The van der Waals surface area contributed by atoms with Crippen molar-refractivity contribution in [2.75, 3.05) is 31.1 Å². The fraction of sp³-hybridized carbons (Fsp3) is 0.727. The maximum atomic E-state index is 5.58. The molecule has 18 heavy (non-hydrogen) atoms. The van der Waals surface area contributed by atoms with E-state index in [0.29, 0.717) is 18.4 Å². The van der Waals surface area contributed by atoms with Gasteiger partial charge in [0.25, 0.3) is 0 Å². The zero-order chi connectivity index (χ0) is 13.0. The first-order valence-corrected chi connectivity index (χ1v) is 6.39. The second kappa shape index (κ2) is 5.92. The van der Waals surface area contributed by atoms with Gasteiger partial charge in [0.2, 0.25) is 11.9 Å². The summed E-state index contributed by atoms with van der Waals surface area (Å²) in [6, 6.07) is 0.531. The summed E-state index contributed by atoms with van der Waals surface area (Å²) in [5, 5.41) is 3.41. The molecule has 0 amide bonds. The number of piperidine rings is 1. The molecule has 0 radical (unpaired) electrons. The number of hydrogen-bond donors (Lipinski definition) is 3. The Morgan fingerprint density at radius 1 is 1.28 bits per heavy atom. The maximum absolute atomic E-state index is 5.58. The molecule has 7 heteroatoms. The molecule has 7 nitrogen and oxygen atoms in total. The minimum atomic E-state index is 0.190. The van der Waals surface area contributed by atoms with Crippen molar-refractivity contribution in [3.8, 4) is 0 Å². The normalized spacial score (nSPS) is 20.2. The van der Waals surface area contributed by atoms with E-state index in [4.69, 9.17) is 11.5 Å². The Bertz CT molecular complexity index is 369. The smallest absolute Gasteiger partial charge is 0.225 e. The van der Waals surface area contributed by atoms with E-state index in [-0.39, 0.29) is 11.9 Å². The van der Waals surface area contributed by atoms with Crippen LogP contribution < -0.4 is 16.8 Å². The number of nitrogens with zero attached hydrogens (tertiary/aromatic N) is 4. The van der Waals surface area contributed by atoms with Crippen LogP contribution in [0.15, 0.2) is 0 Å². The predicted octanol–water partition coefficient (Wildman–Crippen LogP) is -0.390. The number of likely N-dealkylation sites (N-methyl/N-ethyl adjacent to an activating group) is 1. The van der Waals surface area contributed by atoms with Gasteiger partial charge in [-0.1, -0.05) is 6.92 Å². The molecule has 1 aliphatic heterocycles. The first-order chi connectivity index (χ1) is 8.69. The van der Waals surface area contributed by atoms with Crippen molar-refractivity contribution in [3.05, 3.63) is 5.82 Å². The van der Waals surface area contributed by atoms with Gasteiger partial charge in [0.05, 0.1) is 6.54 Å². The Hall–Kier alpha value is -1.47.